The van der Waals surface area contributed by atoms with E-state index in [-0.39, 0.29) is 5.91 Å². The zero-order valence-corrected chi connectivity index (χ0v) is 16.7. The van der Waals surface area contributed by atoms with Gasteiger partial charge in [0.1, 0.15) is 11.8 Å². The van der Waals surface area contributed by atoms with E-state index in [0.29, 0.717) is 12.1 Å². The molecule has 0 radical (unpaired) electrons. The number of likely N-dealkylation sites (N-methyl/N-ethyl adjacent to an activating group) is 1. The van der Waals surface area contributed by atoms with Gasteiger partial charge < -0.3 is 10.1 Å². The van der Waals surface area contributed by atoms with Crippen molar-refractivity contribution in [2.75, 3.05) is 27.0 Å². The van der Waals surface area contributed by atoms with Crippen molar-refractivity contribution < 1.29 is 17.9 Å². The SMILES string of the molecule is COc1cccc(CCCNC(=O)[C@@H](c2ccccc2)N(C)S(C)(=O)=O)c1. The van der Waals surface area contributed by atoms with Gasteiger partial charge in [-0.3, -0.25) is 4.79 Å². The van der Waals surface area contributed by atoms with Crippen molar-refractivity contribution in [2.24, 2.45) is 0 Å². The van der Waals surface area contributed by atoms with E-state index >= 15 is 0 Å². The first-order valence-corrected chi connectivity index (χ1v) is 10.6. The molecule has 0 saturated carbocycles. The summed E-state index contributed by atoms with van der Waals surface area (Å²) < 4.78 is 30.2. The largest absolute Gasteiger partial charge is 0.497 e. The fourth-order valence-corrected chi connectivity index (χ4v) is 3.38. The number of sulfonamides is 1. The molecule has 1 amide bonds. The Morgan fingerprint density at radius 3 is 2.48 bits per heavy atom. The number of nitrogens with one attached hydrogen (secondary N) is 1. The van der Waals surface area contributed by atoms with Crippen molar-refractivity contribution in [3.05, 3.63) is 65.7 Å². The van der Waals surface area contributed by atoms with Crippen LogP contribution < -0.4 is 10.1 Å². The van der Waals surface area contributed by atoms with E-state index in [9.17, 15) is 13.2 Å². The molecule has 1 atom stereocenters. The lowest BCUT2D eigenvalue weighted by atomic mass is 10.1. The van der Waals surface area contributed by atoms with Crippen LogP contribution in [0, 0.1) is 0 Å². The number of amides is 1. The smallest absolute Gasteiger partial charge is 0.242 e. The Labute approximate surface area is 161 Å². The maximum Gasteiger partial charge on any atom is 0.242 e. The third-order valence-electron chi connectivity index (χ3n) is 4.33. The van der Waals surface area contributed by atoms with E-state index in [2.05, 4.69) is 5.32 Å². The van der Waals surface area contributed by atoms with Crippen LogP contribution in [0.4, 0.5) is 0 Å². The Balaban J connectivity index is 1.99. The summed E-state index contributed by atoms with van der Waals surface area (Å²) in [6, 6.07) is 15.8. The predicted molar refractivity (Wildman–Crippen MR) is 106 cm³/mol. The molecule has 0 aliphatic rings. The monoisotopic (exact) mass is 390 g/mol. The average Bonchev–Trinajstić information content (AvgIpc) is 2.65. The molecule has 2 aromatic rings. The van der Waals surface area contributed by atoms with Crippen LogP contribution in [0.25, 0.3) is 0 Å². The van der Waals surface area contributed by atoms with Gasteiger partial charge in [-0.1, -0.05) is 42.5 Å². The van der Waals surface area contributed by atoms with Crippen LogP contribution in [0.2, 0.25) is 0 Å². The summed E-state index contributed by atoms with van der Waals surface area (Å²) in [5, 5.41) is 2.86. The highest BCUT2D eigenvalue weighted by atomic mass is 32.2. The highest BCUT2D eigenvalue weighted by molar-refractivity contribution is 7.88. The van der Waals surface area contributed by atoms with E-state index < -0.39 is 16.1 Å². The first kappa shape index (κ1) is 20.9. The van der Waals surface area contributed by atoms with Crippen molar-refractivity contribution >= 4 is 15.9 Å². The zero-order valence-electron chi connectivity index (χ0n) is 15.9. The maximum absolute atomic E-state index is 12.7. The Morgan fingerprint density at radius 1 is 1.15 bits per heavy atom. The molecular weight excluding hydrogens is 364 g/mol. The summed E-state index contributed by atoms with van der Waals surface area (Å²) >= 11 is 0. The summed E-state index contributed by atoms with van der Waals surface area (Å²) in [5.41, 5.74) is 1.76. The maximum atomic E-state index is 12.7. The number of nitrogens with zero attached hydrogens (tertiary/aromatic N) is 1. The molecule has 27 heavy (non-hydrogen) atoms. The summed E-state index contributed by atoms with van der Waals surface area (Å²) in [6.45, 7) is 0.455. The minimum Gasteiger partial charge on any atom is -0.497 e. The lowest BCUT2D eigenvalue weighted by molar-refractivity contribution is -0.124. The second kappa shape index (κ2) is 9.53. The van der Waals surface area contributed by atoms with Gasteiger partial charge in [0, 0.05) is 13.6 Å². The van der Waals surface area contributed by atoms with E-state index in [1.54, 1.807) is 31.4 Å². The topological polar surface area (TPSA) is 75.7 Å². The van der Waals surface area contributed by atoms with Crippen molar-refractivity contribution in [1.29, 1.82) is 0 Å². The number of aryl methyl sites for hydroxylation is 1. The molecule has 0 saturated heterocycles. The molecule has 2 rings (SSSR count). The number of rotatable bonds is 9. The summed E-state index contributed by atoms with van der Waals surface area (Å²) in [7, 11) is -0.472. The number of carbonyl (C=O) groups is 1. The third kappa shape index (κ3) is 6.08. The lowest BCUT2D eigenvalue weighted by Gasteiger charge is -2.25. The number of benzene rings is 2. The van der Waals surface area contributed by atoms with Gasteiger partial charge in [0.05, 0.1) is 13.4 Å². The standard InChI is InChI=1S/C20H26N2O4S/c1-22(27(3,24)25)19(17-11-5-4-6-12-17)20(23)21-14-8-10-16-9-7-13-18(15-16)26-2/h4-7,9,11-13,15,19H,8,10,14H2,1-3H3,(H,21,23)/t19-/m1/s1. The van der Waals surface area contributed by atoms with Crippen LogP contribution in [0.3, 0.4) is 0 Å². The molecule has 0 aliphatic heterocycles. The Hall–Kier alpha value is -2.38. The van der Waals surface area contributed by atoms with Gasteiger partial charge in [-0.15, -0.1) is 0 Å². The normalized spacial score (nSPS) is 12.6. The molecule has 0 unspecified atom stereocenters. The molecular formula is C20H26N2O4S. The Bertz CT molecular complexity index is 853. The fraction of sp³-hybridized carbons (Fsp3) is 0.350. The number of hydrogen-bond donors (Lipinski definition) is 1. The summed E-state index contributed by atoms with van der Waals surface area (Å²) in [6.07, 6.45) is 2.62. The van der Waals surface area contributed by atoms with Crippen molar-refractivity contribution in [3.63, 3.8) is 0 Å². The van der Waals surface area contributed by atoms with Crippen molar-refractivity contribution in [2.45, 2.75) is 18.9 Å². The summed E-state index contributed by atoms with van der Waals surface area (Å²) in [4.78, 5) is 12.7. The van der Waals surface area contributed by atoms with Gasteiger partial charge in [-0.05, 0) is 36.1 Å². The van der Waals surface area contributed by atoms with Gasteiger partial charge >= 0.3 is 0 Å². The van der Waals surface area contributed by atoms with Gasteiger partial charge in [0.15, 0.2) is 0 Å². The molecule has 0 aromatic heterocycles. The molecule has 1 N–H and O–H groups in total. The van der Waals surface area contributed by atoms with E-state index in [1.165, 1.54) is 7.05 Å². The minimum atomic E-state index is -3.52. The molecule has 2 aromatic carbocycles. The van der Waals surface area contributed by atoms with Crippen molar-refractivity contribution in [1.82, 2.24) is 9.62 Å². The molecule has 0 heterocycles. The number of carbonyl (C=O) groups excluding carboxylic acids is 1. The Kier molecular flexibility index (Phi) is 7.38. The second-order valence-electron chi connectivity index (χ2n) is 6.34. The van der Waals surface area contributed by atoms with Crippen LogP contribution in [0.5, 0.6) is 5.75 Å². The highest BCUT2D eigenvalue weighted by Crippen LogP contribution is 2.22. The minimum absolute atomic E-state index is 0.334. The second-order valence-corrected chi connectivity index (χ2v) is 8.38. The van der Waals surface area contributed by atoms with E-state index in [4.69, 9.17) is 4.74 Å². The molecule has 6 nitrogen and oxygen atoms in total. The zero-order chi connectivity index (χ0) is 19.9. The summed E-state index contributed by atoms with van der Waals surface area (Å²) in [5.74, 6) is 0.468. The van der Waals surface area contributed by atoms with Crippen LogP contribution in [0.15, 0.2) is 54.6 Å². The van der Waals surface area contributed by atoms with Crippen LogP contribution in [0.1, 0.15) is 23.6 Å². The molecule has 7 heteroatoms. The van der Waals surface area contributed by atoms with Crippen LogP contribution in [-0.2, 0) is 21.2 Å². The highest BCUT2D eigenvalue weighted by Gasteiger charge is 2.30. The number of ether oxygens (including phenoxy) is 1. The van der Waals surface area contributed by atoms with Gasteiger partial charge in [0.25, 0.3) is 0 Å². The molecule has 0 aliphatic carbocycles. The van der Waals surface area contributed by atoms with Gasteiger partial charge in [-0.2, -0.15) is 4.31 Å². The lowest BCUT2D eigenvalue weighted by Crippen LogP contribution is -2.41. The Morgan fingerprint density at radius 2 is 1.85 bits per heavy atom. The van der Waals surface area contributed by atoms with Gasteiger partial charge in [-0.25, -0.2) is 8.42 Å². The third-order valence-corrected chi connectivity index (χ3v) is 5.58. The van der Waals surface area contributed by atoms with E-state index in [0.717, 1.165) is 34.7 Å². The quantitative estimate of drug-likeness (QED) is 0.667. The van der Waals surface area contributed by atoms with Crippen molar-refractivity contribution in [3.8, 4) is 5.75 Å². The fourth-order valence-electron chi connectivity index (χ4n) is 2.78. The average molecular weight is 391 g/mol. The number of hydrogen-bond acceptors (Lipinski definition) is 4. The predicted octanol–water partition coefficient (Wildman–Crippen LogP) is 2.38. The first-order valence-electron chi connectivity index (χ1n) is 8.71. The van der Waals surface area contributed by atoms with E-state index in [1.807, 2.05) is 30.3 Å². The van der Waals surface area contributed by atoms with Gasteiger partial charge in [0.2, 0.25) is 15.9 Å². The molecule has 0 bridgehead atoms. The number of methoxy groups -OCH3 is 1. The molecule has 146 valence electrons. The molecule has 0 fully saturated rings. The van der Waals surface area contributed by atoms with Crippen LogP contribution in [-0.4, -0.2) is 45.6 Å². The van der Waals surface area contributed by atoms with Crippen LogP contribution >= 0.6 is 0 Å². The molecule has 0 spiro atoms. The first-order chi connectivity index (χ1) is 12.8.